The smallest absolute Gasteiger partial charge is 0.319 e. The lowest BCUT2D eigenvalue weighted by Gasteiger charge is -2.38. The van der Waals surface area contributed by atoms with E-state index in [0.717, 1.165) is 52.8 Å². The minimum Gasteiger partial charge on any atom is -0.495 e. The van der Waals surface area contributed by atoms with Crippen molar-refractivity contribution in [3.05, 3.63) is 12.1 Å². The van der Waals surface area contributed by atoms with Crippen molar-refractivity contribution in [1.29, 1.82) is 0 Å². The third-order valence-electron chi connectivity index (χ3n) is 4.80. The van der Waals surface area contributed by atoms with Gasteiger partial charge in [-0.1, -0.05) is 11.3 Å². The topological polar surface area (TPSA) is 58.1 Å². The maximum absolute atomic E-state index is 12.3. The molecule has 142 valence electrons. The zero-order valence-corrected chi connectivity index (χ0v) is 16.8. The van der Waals surface area contributed by atoms with E-state index in [1.807, 2.05) is 24.1 Å². The molecule has 0 bridgehead atoms. The van der Waals surface area contributed by atoms with E-state index in [1.54, 1.807) is 44.6 Å². The van der Waals surface area contributed by atoms with Crippen molar-refractivity contribution in [2.45, 2.75) is 18.9 Å². The molecule has 1 aliphatic heterocycles. The molecule has 0 saturated carbocycles. The van der Waals surface area contributed by atoms with Crippen molar-refractivity contribution in [2.24, 2.45) is 0 Å². The molecule has 2 aromatic rings. The van der Waals surface area contributed by atoms with Crippen LogP contribution in [-0.2, 0) is 0 Å². The summed E-state index contributed by atoms with van der Waals surface area (Å²) in [5.41, 5.74) is 0.826. The molecule has 1 fully saturated rings. The summed E-state index contributed by atoms with van der Waals surface area (Å²) >= 11 is 1.61. The highest BCUT2D eigenvalue weighted by molar-refractivity contribution is 7.22. The zero-order valence-electron chi connectivity index (χ0n) is 16.0. The average molecular weight is 378 g/mol. The van der Waals surface area contributed by atoms with E-state index in [1.165, 1.54) is 0 Å². The lowest BCUT2D eigenvalue weighted by Crippen LogP contribution is -2.51. The average Bonchev–Trinajstić information content (AvgIpc) is 3.11. The van der Waals surface area contributed by atoms with Gasteiger partial charge >= 0.3 is 6.03 Å². The Hall–Kier alpha value is -2.22. The van der Waals surface area contributed by atoms with Crippen molar-refractivity contribution >= 4 is 32.7 Å². The summed E-state index contributed by atoms with van der Waals surface area (Å²) in [7, 11) is 8.76. The molecule has 26 heavy (non-hydrogen) atoms. The van der Waals surface area contributed by atoms with Crippen molar-refractivity contribution in [1.82, 2.24) is 14.8 Å². The molecule has 1 saturated heterocycles. The Bertz CT molecular complexity index is 751. The second-order valence-electron chi connectivity index (χ2n) is 6.67. The van der Waals surface area contributed by atoms with Crippen LogP contribution in [0, 0.1) is 0 Å². The van der Waals surface area contributed by atoms with Crippen LogP contribution in [0.15, 0.2) is 12.1 Å². The minimum atomic E-state index is 0.0319. The Labute approximate surface area is 158 Å². The summed E-state index contributed by atoms with van der Waals surface area (Å²) < 4.78 is 11.9. The van der Waals surface area contributed by atoms with E-state index in [-0.39, 0.29) is 12.1 Å². The molecule has 0 radical (unpaired) electrons. The molecule has 1 aromatic heterocycles. The molecule has 7 nitrogen and oxygen atoms in total. The number of hydrogen-bond donors (Lipinski definition) is 0. The predicted octanol–water partition coefficient (Wildman–Crippen LogP) is 2.90. The summed E-state index contributed by atoms with van der Waals surface area (Å²) in [6.45, 7) is 1.71. The van der Waals surface area contributed by atoms with E-state index < -0.39 is 0 Å². The first-order chi connectivity index (χ1) is 12.5. The summed E-state index contributed by atoms with van der Waals surface area (Å²) in [4.78, 5) is 22.8. The number of thiazole rings is 1. The van der Waals surface area contributed by atoms with Gasteiger partial charge in [-0.2, -0.15) is 0 Å². The van der Waals surface area contributed by atoms with Crippen LogP contribution in [-0.4, -0.2) is 75.3 Å². The quantitative estimate of drug-likeness (QED) is 0.819. The fraction of sp³-hybridized carbons (Fsp3) is 0.556. The first-order valence-electron chi connectivity index (χ1n) is 8.66. The first kappa shape index (κ1) is 18.6. The number of urea groups is 1. The summed E-state index contributed by atoms with van der Waals surface area (Å²) in [6, 6.07) is 4.00. The van der Waals surface area contributed by atoms with Crippen molar-refractivity contribution in [2.75, 3.05) is 53.4 Å². The number of amides is 2. The maximum atomic E-state index is 12.3. The molecule has 1 aliphatic rings. The van der Waals surface area contributed by atoms with Crippen LogP contribution in [0.1, 0.15) is 12.8 Å². The molecule has 0 aliphatic carbocycles. The lowest BCUT2D eigenvalue weighted by atomic mass is 10.1. The number of ether oxygens (including phenoxy) is 2. The van der Waals surface area contributed by atoms with Crippen LogP contribution in [0.25, 0.3) is 10.2 Å². The van der Waals surface area contributed by atoms with E-state index in [9.17, 15) is 4.79 Å². The number of hydrogen-bond acceptors (Lipinski definition) is 6. The maximum Gasteiger partial charge on any atom is 0.319 e. The lowest BCUT2D eigenvalue weighted by molar-refractivity contribution is 0.157. The second kappa shape index (κ2) is 7.57. The normalized spacial score (nSPS) is 17.3. The highest BCUT2D eigenvalue weighted by Crippen LogP contribution is 2.40. The van der Waals surface area contributed by atoms with Gasteiger partial charge in [-0.15, -0.1) is 0 Å². The molecule has 1 atom stereocenters. The number of fused-ring (bicyclic) bond motifs is 1. The number of carbonyl (C=O) groups is 1. The molecular weight excluding hydrogens is 352 g/mol. The molecular formula is C18H26N4O3S. The van der Waals surface area contributed by atoms with Gasteiger partial charge in [0.1, 0.15) is 21.7 Å². The Balaban J connectivity index is 1.88. The Morgan fingerprint density at radius 2 is 1.92 bits per heavy atom. The van der Waals surface area contributed by atoms with E-state index in [2.05, 4.69) is 4.90 Å². The van der Waals surface area contributed by atoms with E-state index in [0.29, 0.717) is 0 Å². The minimum absolute atomic E-state index is 0.0319. The standard InChI is InChI=1S/C18H26N4O3S/c1-20(2)18(23)21(3)12-7-6-10-22(11-12)17-19-15-13(24-4)8-9-14(25-5)16(15)26-17/h8-9,12H,6-7,10-11H2,1-5H3. The van der Waals surface area contributed by atoms with Gasteiger partial charge in [0.25, 0.3) is 0 Å². The summed E-state index contributed by atoms with van der Waals surface area (Å²) in [6.07, 6.45) is 2.03. The van der Waals surface area contributed by atoms with E-state index in [4.69, 9.17) is 14.5 Å². The predicted molar refractivity (Wildman–Crippen MR) is 105 cm³/mol. The Morgan fingerprint density at radius 1 is 1.23 bits per heavy atom. The number of anilines is 1. The van der Waals surface area contributed by atoms with Gasteiger partial charge in [0.15, 0.2) is 5.13 Å². The third kappa shape index (κ3) is 3.38. The molecule has 8 heteroatoms. The number of likely N-dealkylation sites (N-methyl/N-ethyl adjacent to an activating group) is 1. The number of aromatic nitrogens is 1. The Kier molecular flexibility index (Phi) is 5.41. The molecule has 3 rings (SSSR count). The van der Waals surface area contributed by atoms with Gasteiger partial charge in [-0.25, -0.2) is 9.78 Å². The molecule has 2 amide bonds. The fourth-order valence-electron chi connectivity index (χ4n) is 3.33. The van der Waals surface area contributed by atoms with Gasteiger partial charge in [-0.3, -0.25) is 0 Å². The van der Waals surface area contributed by atoms with Crippen LogP contribution < -0.4 is 14.4 Å². The van der Waals surface area contributed by atoms with Gasteiger partial charge in [0.2, 0.25) is 0 Å². The van der Waals surface area contributed by atoms with Gasteiger partial charge in [-0.05, 0) is 25.0 Å². The number of methoxy groups -OCH3 is 2. The fourth-order valence-corrected chi connectivity index (χ4v) is 4.44. The number of benzene rings is 1. The molecule has 2 heterocycles. The molecule has 1 unspecified atom stereocenters. The monoisotopic (exact) mass is 378 g/mol. The molecule has 0 N–H and O–H groups in total. The highest BCUT2D eigenvalue weighted by atomic mass is 32.1. The van der Waals surface area contributed by atoms with Crippen molar-refractivity contribution in [3.8, 4) is 11.5 Å². The second-order valence-corrected chi connectivity index (χ2v) is 7.65. The summed E-state index contributed by atoms with van der Waals surface area (Å²) in [5, 5.41) is 0.943. The van der Waals surface area contributed by atoms with Crippen LogP contribution >= 0.6 is 11.3 Å². The summed E-state index contributed by atoms with van der Waals surface area (Å²) in [5.74, 6) is 1.55. The number of piperidine rings is 1. The number of rotatable bonds is 4. The van der Waals surface area contributed by atoms with Crippen LogP contribution in [0.2, 0.25) is 0 Å². The van der Waals surface area contributed by atoms with E-state index >= 15 is 0 Å². The Morgan fingerprint density at radius 3 is 2.58 bits per heavy atom. The van der Waals surface area contributed by atoms with Crippen molar-refractivity contribution in [3.63, 3.8) is 0 Å². The van der Waals surface area contributed by atoms with Gasteiger partial charge in [0, 0.05) is 34.2 Å². The van der Waals surface area contributed by atoms with Crippen LogP contribution in [0.3, 0.4) is 0 Å². The van der Waals surface area contributed by atoms with Gasteiger partial charge < -0.3 is 24.2 Å². The molecule has 1 aromatic carbocycles. The molecule has 0 spiro atoms. The third-order valence-corrected chi connectivity index (χ3v) is 5.93. The number of carbonyl (C=O) groups excluding carboxylic acids is 1. The largest absolute Gasteiger partial charge is 0.495 e. The van der Waals surface area contributed by atoms with Crippen LogP contribution in [0.5, 0.6) is 11.5 Å². The van der Waals surface area contributed by atoms with Crippen molar-refractivity contribution < 1.29 is 14.3 Å². The van der Waals surface area contributed by atoms with Crippen LogP contribution in [0.4, 0.5) is 9.93 Å². The zero-order chi connectivity index (χ0) is 18.8. The number of nitrogens with zero attached hydrogens (tertiary/aromatic N) is 4. The first-order valence-corrected chi connectivity index (χ1v) is 9.48. The SMILES string of the molecule is COc1ccc(OC)c2sc(N3CCCC(N(C)C(=O)N(C)C)C3)nc12. The van der Waals surface area contributed by atoms with Gasteiger partial charge in [0.05, 0.1) is 20.3 Å². The highest BCUT2D eigenvalue weighted by Gasteiger charge is 2.29.